The van der Waals surface area contributed by atoms with E-state index in [0.29, 0.717) is 12.8 Å². The molecule has 35 heavy (non-hydrogen) atoms. The Kier molecular flexibility index (Phi) is 15.2. The van der Waals surface area contributed by atoms with Crippen molar-refractivity contribution in [1.82, 2.24) is 16.0 Å². The molecule has 0 radical (unpaired) electrons. The van der Waals surface area contributed by atoms with Gasteiger partial charge < -0.3 is 49.7 Å². The Morgan fingerprint density at radius 1 is 0.771 bits per heavy atom. The highest BCUT2D eigenvalue weighted by Crippen LogP contribution is 2.08. The van der Waals surface area contributed by atoms with Gasteiger partial charge in [-0.1, -0.05) is 13.8 Å². The third-order valence-electron chi connectivity index (χ3n) is 4.68. The van der Waals surface area contributed by atoms with Crippen LogP contribution >= 0.6 is 0 Å². The van der Waals surface area contributed by atoms with E-state index in [2.05, 4.69) is 25.9 Å². The van der Waals surface area contributed by atoms with E-state index in [4.69, 9.17) is 28.7 Å². The third-order valence-corrected chi connectivity index (χ3v) is 4.68. The third kappa shape index (κ3) is 15.0. The van der Waals surface area contributed by atoms with Crippen LogP contribution in [0.4, 0.5) is 0 Å². The smallest absolute Gasteiger partial charge is 0.326 e. The molecule has 0 aromatic rings. The molecule has 14 N–H and O–H groups in total. The minimum Gasteiger partial charge on any atom is -0.480 e. The molecule has 0 rings (SSSR count). The number of aliphatic carboxylic acids is 1. The van der Waals surface area contributed by atoms with Gasteiger partial charge in [0.15, 0.2) is 11.9 Å². The van der Waals surface area contributed by atoms with Crippen molar-refractivity contribution in [2.24, 2.45) is 44.6 Å². The van der Waals surface area contributed by atoms with E-state index in [9.17, 15) is 24.3 Å². The second-order valence-corrected chi connectivity index (χ2v) is 8.31. The molecule has 0 spiro atoms. The lowest BCUT2D eigenvalue weighted by atomic mass is 10.0. The average Bonchev–Trinajstić information content (AvgIpc) is 2.76. The van der Waals surface area contributed by atoms with Crippen LogP contribution in [0.1, 0.15) is 46.0 Å². The van der Waals surface area contributed by atoms with Crippen molar-refractivity contribution in [3.8, 4) is 0 Å². The van der Waals surface area contributed by atoms with E-state index in [0.717, 1.165) is 0 Å². The van der Waals surface area contributed by atoms with E-state index < -0.39 is 41.8 Å². The van der Waals surface area contributed by atoms with Gasteiger partial charge in [0.1, 0.15) is 18.1 Å². The lowest BCUT2D eigenvalue weighted by Gasteiger charge is -2.25. The highest BCUT2D eigenvalue weighted by molar-refractivity contribution is 5.93. The molecule has 0 bridgehead atoms. The van der Waals surface area contributed by atoms with Crippen LogP contribution in [-0.4, -0.2) is 78.5 Å². The van der Waals surface area contributed by atoms with Crippen LogP contribution in [0.5, 0.6) is 0 Å². The normalized spacial score (nSPS) is 13.1. The molecule has 0 aliphatic heterocycles. The minimum absolute atomic E-state index is 0.00683. The van der Waals surface area contributed by atoms with Crippen molar-refractivity contribution in [3.05, 3.63) is 0 Å². The summed E-state index contributed by atoms with van der Waals surface area (Å²) in [6, 6.07) is -3.24. The molecule has 0 aliphatic rings. The maximum atomic E-state index is 13.0. The quantitative estimate of drug-likeness (QED) is 0.0543. The summed E-state index contributed by atoms with van der Waals surface area (Å²) in [5, 5.41) is 17.0. The van der Waals surface area contributed by atoms with Crippen molar-refractivity contribution >= 4 is 35.6 Å². The molecular weight excluding hydrogens is 460 g/mol. The zero-order chi connectivity index (χ0) is 27.0. The minimum atomic E-state index is -1.19. The predicted octanol–water partition coefficient (Wildman–Crippen LogP) is -3.36. The van der Waals surface area contributed by atoms with Crippen LogP contribution < -0.4 is 44.6 Å². The van der Waals surface area contributed by atoms with Crippen LogP contribution in [-0.2, 0) is 19.2 Å². The number of amides is 3. The van der Waals surface area contributed by atoms with Crippen molar-refractivity contribution in [1.29, 1.82) is 0 Å². The van der Waals surface area contributed by atoms with Crippen LogP contribution in [0, 0.1) is 5.92 Å². The van der Waals surface area contributed by atoms with E-state index in [1.165, 1.54) is 0 Å². The fourth-order valence-electron chi connectivity index (χ4n) is 3.04. The summed E-state index contributed by atoms with van der Waals surface area (Å²) in [4.78, 5) is 56.9. The molecule has 0 aromatic carbocycles. The van der Waals surface area contributed by atoms with Crippen molar-refractivity contribution in [2.75, 3.05) is 19.6 Å². The molecule has 3 amide bonds. The van der Waals surface area contributed by atoms with E-state index in [1.807, 2.05) is 13.8 Å². The largest absolute Gasteiger partial charge is 0.480 e. The number of carbonyl (C=O) groups excluding carboxylic acids is 3. The molecule has 0 aliphatic carbocycles. The number of aliphatic imine (C=N–C) groups is 2. The number of rotatable bonds is 17. The Morgan fingerprint density at radius 2 is 1.20 bits per heavy atom. The molecule has 15 heteroatoms. The molecule has 0 heterocycles. The molecular formula is C20H40N10O5. The lowest BCUT2D eigenvalue weighted by molar-refractivity contribution is -0.142. The Morgan fingerprint density at radius 3 is 1.57 bits per heavy atom. The molecule has 0 fully saturated rings. The van der Waals surface area contributed by atoms with Gasteiger partial charge in [-0.2, -0.15) is 0 Å². The predicted molar refractivity (Wildman–Crippen MR) is 132 cm³/mol. The van der Waals surface area contributed by atoms with Crippen molar-refractivity contribution < 1.29 is 24.3 Å². The van der Waals surface area contributed by atoms with Crippen molar-refractivity contribution in [3.63, 3.8) is 0 Å². The first-order valence-corrected chi connectivity index (χ1v) is 11.3. The fraction of sp³-hybridized carbons (Fsp3) is 0.700. The van der Waals surface area contributed by atoms with E-state index in [1.54, 1.807) is 0 Å². The highest BCUT2D eigenvalue weighted by atomic mass is 16.4. The number of hydrogen-bond acceptors (Lipinski definition) is 7. The SMILES string of the molecule is CC(C)CC(NC(=O)C(CCCN=C(N)N)NC(=O)C(CCCN=C(N)N)NC(=O)CN)C(=O)O. The molecule has 3 atom stereocenters. The standard InChI is InChI=1S/C20H40N10O5/c1-11(2)9-14(18(34)35)30-17(33)13(6-4-8-27-20(24)25)29-16(32)12(28-15(31)10-21)5-3-7-26-19(22)23/h11-14H,3-10,21H2,1-2H3,(H,28,31)(H,29,32)(H,30,33)(H,34,35)(H4,22,23,26)(H4,24,25,27). The van der Waals surface area contributed by atoms with Crippen LogP contribution in [0.3, 0.4) is 0 Å². The van der Waals surface area contributed by atoms with Gasteiger partial charge in [-0.3, -0.25) is 24.4 Å². The Labute approximate surface area is 204 Å². The Hall–Kier alpha value is -3.62. The van der Waals surface area contributed by atoms with Gasteiger partial charge in [-0.15, -0.1) is 0 Å². The number of guanidine groups is 2. The van der Waals surface area contributed by atoms with Crippen LogP contribution in [0.2, 0.25) is 0 Å². The number of hydrogen-bond donors (Lipinski definition) is 9. The van der Waals surface area contributed by atoms with Gasteiger partial charge >= 0.3 is 5.97 Å². The number of carboxylic acid groups (broad SMARTS) is 1. The Balaban J connectivity index is 5.53. The zero-order valence-electron chi connectivity index (χ0n) is 20.3. The fourth-order valence-corrected chi connectivity index (χ4v) is 3.04. The lowest BCUT2D eigenvalue weighted by Crippen LogP contribution is -2.56. The second kappa shape index (κ2) is 16.9. The number of nitrogens with zero attached hydrogens (tertiary/aromatic N) is 2. The summed E-state index contributed by atoms with van der Waals surface area (Å²) in [6.07, 6.45) is 1.17. The molecule has 3 unspecified atom stereocenters. The maximum absolute atomic E-state index is 13.0. The van der Waals surface area contributed by atoms with Gasteiger partial charge in [0.05, 0.1) is 6.54 Å². The summed E-state index contributed by atoms with van der Waals surface area (Å²) in [5.41, 5.74) is 26.5. The van der Waals surface area contributed by atoms with E-state index in [-0.39, 0.29) is 56.7 Å². The second-order valence-electron chi connectivity index (χ2n) is 8.31. The summed E-state index contributed by atoms with van der Waals surface area (Å²) in [5.74, 6) is -3.30. The first kappa shape index (κ1) is 31.4. The summed E-state index contributed by atoms with van der Waals surface area (Å²) in [6.45, 7) is 3.73. The van der Waals surface area contributed by atoms with Gasteiger partial charge in [0.25, 0.3) is 0 Å². The highest BCUT2D eigenvalue weighted by Gasteiger charge is 2.29. The van der Waals surface area contributed by atoms with Gasteiger partial charge in [0.2, 0.25) is 17.7 Å². The monoisotopic (exact) mass is 500 g/mol. The summed E-state index contributed by atoms with van der Waals surface area (Å²) < 4.78 is 0. The van der Waals surface area contributed by atoms with Gasteiger partial charge in [0, 0.05) is 13.1 Å². The van der Waals surface area contributed by atoms with E-state index >= 15 is 0 Å². The van der Waals surface area contributed by atoms with Crippen LogP contribution in [0.15, 0.2) is 9.98 Å². The first-order valence-electron chi connectivity index (χ1n) is 11.3. The molecule has 200 valence electrons. The van der Waals surface area contributed by atoms with Crippen LogP contribution in [0.25, 0.3) is 0 Å². The van der Waals surface area contributed by atoms with Gasteiger partial charge in [-0.05, 0) is 38.0 Å². The number of carbonyl (C=O) groups is 4. The number of nitrogens with two attached hydrogens (primary N) is 5. The number of carboxylic acids is 1. The molecule has 0 saturated carbocycles. The first-order chi connectivity index (χ1) is 16.4. The Bertz CT molecular complexity index is 763. The average molecular weight is 501 g/mol. The van der Waals surface area contributed by atoms with Gasteiger partial charge in [-0.25, -0.2) is 4.79 Å². The molecule has 15 nitrogen and oxygen atoms in total. The topological polar surface area (TPSA) is 279 Å². The zero-order valence-corrected chi connectivity index (χ0v) is 20.3. The molecule has 0 saturated heterocycles. The summed E-state index contributed by atoms with van der Waals surface area (Å²) in [7, 11) is 0. The molecule has 0 aromatic heterocycles. The summed E-state index contributed by atoms with van der Waals surface area (Å²) >= 11 is 0. The maximum Gasteiger partial charge on any atom is 0.326 e. The van der Waals surface area contributed by atoms with Crippen molar-refractivity contribution in [2.45, 2.75) is 64.1 Å². The number of nitrogens with one attached hydrogen (secondary N) is 3.